The minimum absolute atomic E-state index is 0.146. The van der Waals surface area contributed by atoms with E-state index in [9.17, 15) is 8.42 Å². The molecule has 1 aromatic carbocycles. The van der Waals surface area contributed by atoms with Gasteiger partial charge in [-0.15, -0.1) is 0 Å². The first-order valence-corrected chi connectivity index (χ1v) is 9.39. The van der Waals surface area contributed by atoms with Gasteiger partial charge in [0, 0.05) is 18.2 Å². The van der Waals surface area contributed by atoms with Crippen LogP contribution >= 0.6 is 0 Å². The molecule has 1 saturated carbocycles. The molecule has 0 atom stereocenters. The summed E-state index contributed by atoms with van der Waals surface area (Å²) in [6, 6.07) is 4.54. The van der Waals surface area contributed by atoms with Gasteiger partial charge in [0.05, 0.1) is 19.1 Å². The molecule has 0 aliphatic heterocycles. The summed E-state index contributed by atoms with van der Waals surface area (Å²) in [4.78, 5) is 0.146. The maximum Gasteiger partial charge on any atom is 0.240 e. The highest BCUT2D eigenvalue weighted by atomic mass is 32.2. The lowest BCUT2D eigenvalue weighted by molar-refractivity contribution is 0.353. The van der Waals surface area contributed by atoms with Gasteiger partial charge in [-0.2, -0.15) is 0 Å². The number of nitrogens with one attached hydrogen (secondary N) is 1. The van der Waals surface area contributed by atoms with Gasteiger partial charge in [0.2, 0.25) is 10.0 Å². The molecule has 23 heavy (non-hydrogen) atoms. The quantitative estimate of drug-likeness (QED) is 0.772. The second-order valence-electron chi connectivity index (χ2n) is 6.12. The van der Waals surface area contributed by atoms with E-state index >= 15 is 0 Å². The van der Waals surface area contributed by atoms with E-state index < -0.39 is 15.6 Å². The fourth-order valence-electron chi connectivity index (χ4n) is 2.92. The van der Waals surface area contributed by atoms with E-state index in [0.29, 0.717) is 11.5 Å². The zero-order valence-corrected chi connectivity index (χ0v) is 14.6. The molecule has 1 aromatic rings. The van der Waals surface area contributed by atoms with Crippen LogP contribution in [0.15, 0.2) is 23.1 Å². The van der Waals surface area contributed by atoms with Gasteiger partial charge in [0.1, 0.15) is 0 Å². The SMILES string of the molecule is COc1ccc(S(=O)(=O)NCC2(N)CCCCCC2)cc1OC. The molecular formula is C16H26N2O4S. The Morgan fingerprint density at radius 2 is 1.70 bits per heavy atom. The summed E-state index contributed by atoms with van der Waals surface area (Å²) in [5.41, 5.74) is 5.92. The average Bonchev–Trinajstić information content (AvgIpc) is 2.77. The molecule has 130 valence electrons. The third-order valence-corrected chi connectivity index (χ3v) is 5.78. The minimum Gasteiger partial charge on any atom is -0.493 e. The Kier molecular flexibility index (Phi) is 5.89. The third kappa shape index (κ3) is 4.59. The molecule has 0 saturated heterocycles. The summed E-state index contributed by atoms with van der Waals surface area (Å²) in [7, 11) is -0.650. The number of hydrogen-bond acceptors (Lipinski definition) is 5. The van der Waals surface area contributed by atoms with Gasteiger partial charge in [0.15, 0.2) is 11.5 Å². The van der Waals surface area contributed by atoms with E-state index in [1.54, 1.807) is 6.07 Å². The number of benzene rings is 1. The first kappa shape index (κ1) is 18.0. The molecule has 1 fully saturated rings. The Balaban J connectivity index is 2.12. The number of nitrogens with two attached hydrogens (primary N) is 1. The molecule has 6 nitrogen and oxygen atoms in total. The lowest BCUT2D eigenvalue weighted by Crippen LogP contribution is -2.49. The lowest BCUT2D eigenvalue weighted by atomic mass is 9.92. The van der Waals surface area contributed by atoms with Crippen molar-refractivity contribution < 1.29 is 17.9 Å². The summed E-state index contributed by atoms with van der Waals surface area (Å²) >= 11 is 0. The molecule has 0 bridgehead atoms. The Morgan fingerprint density at radius 1 is 1.09 bits per heavy atom. The molecule has 2 rings (SSSR count). The average molecular weight is 342 g/mol. The van der Waals surface area contributed by atoms with Crippen molar-refractivity contribution in [3.63, 3.8) is 0 Å². The Hall–Kier alpha value is -1.31. The Bertz CT molecular complexity index is 623. The summed E-state index contributed by atoms with van der Waals surface area (Å²) in [5.74, 6) is 0.873. The van der Waals surface area contributed by atoms with Crippen molar-refractivity contribution in [3.8, 4) is 11.5 Å². The molecule has 0 aromatic heterocycles. The standard InChI is InChI=1S/C16H26N2O4S/c1-21-14-8-7-13(11-15(14)22-2)23(19,20)18-12-16(17)9-5-3-4-6-10-16/h7-8,11,18H,3-6,9-10,12,17H2,1-2H3. The highest BCUT2D eigenvalue weighted by Gasteiger charge is 2.28. The van der Waals surface area contributed by atoms with E-state index in [0.717, 1.165) is 25.7 Å². The highest BCUT2D eigenvalue weighted by molar-refractivity contribution is 7.89. The van der Waals surface area contributed by atoms with Crippen LogP contribution in [-0.4, -0.2) is 34.7 Å². The summed E-state index contributed by atoms with van der Waals surface area (Å²) in [6.07, 6.45) is 6.13. The molecule has 7 heteroatoms. The van der Waals surface area contributed by atoms with E-state index in [1.165, 1.54) is 39.2 Å². The molecule has 0 spiro atoms. The number of rotatable bonds is 6. The number of sulfonamides is 1. The van der Waals surface area contributed by atoms with Crippen molar-refractivity contribution in [1.29, 1.82) is 0 Å². The summed E-state index contributed by atoms with van der Waals surface area (Å²) < 4.78 is 38.0. The lowest BCUT2D eigenvalue weighted by Gasteiger charge is -2.28. The van der Waals surface area contributed by atoms with Gasteiger partial charge in [-0.1, -0.05) is 25.7 Å². The Morgan fingerprint density at radius 3 is 2.26 bits per heavy atom. The van der Waals surface area contributed by atoms with Crippen molar-refractivity contribution >= 4 is 10.0 Å². The van der Waals surface area contributed by atoms with E-state index in [1.807, 2.05) is 0 Å². The first-order chi connectivity index (χ1) is 10.9. The van der Waals surface area contributed by atoms with Crippen LogP contribution in [0, 0.1) is 0 Å². The highest BCUT2D eigenvalue weighted by Crippen LogP contribution is 2.30. The van der Waals surface area contributed by atoms with Crippen molar-refractivity contribution in [1.82, 2.24) is 4.72 Å². The predicted molar refractivity (Wildman–Crippen MR) is 89.4 cm³/mol. The second-order valence-corrected chi connectivity index (χ2v) is 7.88. The fraction of sp³-hybridized carbons (Fsp3) is 0.625. The van der Waals surface area contributed by atoms with Crippen LogP contribution < -0.4 is 19.9 Å². The van der Waals surface area contributed by atoms with Crippen LogP contribution in [-0.2, 0) is 10.0 Å². The fourth-order valence-corrected chi connectivity index (χ4v) is 4.07. The molecule has 1 aliphatic carbocycles. The maximum atomic E-state index is 12.5. The van der Waals surface area contributed by atoms with Crippen LogP contribution in [0.25, 0.3) is 0 Å². The van der Waals surface area contributed by atoms with Crippen LogP contribution in [0.5, 0.6) is 11.5 Å². The maximum absolute atomic E-state index is 12.5. The monoisotopic (exact) mass is 342 g/mol. The summed E-state index contributed by atoms with van der Waals surface area (Å²) in [6.45, 7) is 0.254. The van der Waals surface area contributed by atoms with Gasteiger partial charge in [-0.05, 0) is 25.0 Å². The molecule has 0 unspecified atom stereocenters. The smallest absolute Gasteiger partial charge is 0.240 e. The van der Waals surface area contributed by atoms with Crippen molar-refractivity contribution in [2.24, 2.45) is 5.73 Å². The predicted octanol–water partition coefficient (Wildman–Crippen LogP) is 2.03. The molecule has 0 radical (unpaired) electrons. The zero-order valence-electron chi connectivity index (χ0n) is 13.8. The first-order valence-electron chi connectivity index (χ1n) is 7.91. The van der Waals surface area contributed by atoms with Crippen LogP contribution in [0.1, 0.15) is 38.5 Å². The van der Waals surface area contributed by atoms with Gasteiger partial charge in [0.25, 0.3) is 0 Å². The van der Waals surface area contributed by atoms with Crippen LogP contribution in [0.4, 0.5) is 0 Å². The third-order valence-electron chi connectivity index (χ3n) is 4.38. The normalized spacial score (nSPS) is 18.2. The second kappa shape index (κ2) is 7.51. The topological polar surface area (TPSA) is 90.7 Å². The molecule has 1 aliphatic rings. The van der Waals surface area contributed by atoms with Crippen LogP contribution in [0.2, 0.25) is 0 Å². The largest absolute Gasteiger partial charge is 0.493 e. The van der Waals surface area contributed by atoms with Gasteiger partial charge < -0.3 is 15.2 Å². The van der Waals surface area contributed by atoms with Gasteiger partial charge in [-0.25, -0.2) is 13.1 Å². The van der Waals surface area contributed by atoms with Crippen molar-refractivity contribution in [3.05, 3.63) is 18.2 Å². The summed E-state index contributed by atoms with van der Waals surface area (Å²) in [5, 5.41) is 0. The van der Waals surface area contributed by atoms with Gasteiger partial charge >= 0.3 is 0 Å². The number of methoxy groups -OCH3 is 2. The zero-order chi connectivity index (χ0) is 16.9. The van der Waals surface area contributed by atoms with Crippen molar-refractivity contribution in [2.45, 2.75) is 49.0 Å². The Labute approximate surface area is 138 Å². The molecular weight excluding hydrogens is 316 g/mol. The van der Waals surface area contributed by atoms with E-state index in [-0.39, 0.29) is 11.4 Å². The van der Waals surface area contributed by atoms with E-state index in [4.69, 9.17) is 15.2 Å². The van der Waals surface area contributed by atoms with Gasteiger partial charge in [-0.3, -0.25) is 0 Å². The number of hydrogen-bond donors (Lipinski definition) is 2. The van der Waals surface area contributed by atoms with Crippen LogP contribution in [0.3, 0.4) is 0 Å². The van der Waals surface area contributed by atoms with Crippen molar-refractivity contribution in [2.75, 3.05) is 20.8 Å². The minimum atomic E-state index is -3.63. The molecule has 3 N–H and O–H groups in total. The molecule has 0 heterocycles. The number of ether oxygens (including phenoxy) is 2. The van der Waals surface area contributed by atoms with E-state index in [2.05, 4.69) is 4.72 Å². The molecule has 0 amide bonds.